The molecule has 4 nitrogen and oxygen atoms in total. The molecule has 0 saturated carbocycles. The average molecular weight is 367 g/mol. The van der Waals surface area contributed by atoms with Crippen LogP contribution in [0, 0.1) is 6.92 Å². The molecule has 0 unspecified atom stereocenters. The van der Waals surface area contributed by atoms with Gasteiger partial charge in [-0.1, -0.05) is 42.7 Å². The smallest absolute Gasteiger partial charge is 0.251 e. The van der Waals surface area contributed by atoms with E-state index in [9.17, 15) is 4.79 Å². The molecule has 27 heavy (non-hydrogen) atoms. The molecule has 3 rings (SSSR count). The van der Waals surface area contributed by atoms with E-state index in [-0.39, 0.29) is 5.91 Å². The molecule has 144 valence electrons. The van der Waals surface area contributed by atoms with Crippen LogP contribution in [-0.4, -0.2) is 37.0 Å². The lowest BCUT2D eigenvalue weighted by molar-refractivity contribution is 0.0947. The first kappa shape index (κ1) is 19.4. The van der Waals surface area contributed by atoms with E-state index in [4.69, 9.17) is 4.74 Å². The maximum atomic E-state index is 12.3. The van der Waals surface area contributed by atoms with E-state index in [2.05, 4.69) is 22.3 Å². The third-order valence-electron chi connectivity index (χ3n) is 5.00. The van der Waals surface area contributed by atoms with E-state index in [1.165, 1.54) is 49.9 Å². The van der Waals surface area contributed by atoms with Crippen molar-refractivity contribution in [2.24, 2.45) is 0 Å². The van der Waals surface area contributed by atoms with Gasteiger partial charge < -0.3 is 10.1 Å². The summed E-state index contributed by atoms with van der Waals surface area (Å²) in [5.74, 6) is 0.775. The van der Waals surface area contributed by atoms with Crippen LogP contribution in [0.1, 0.15) is 47.2 Å². The van der Waals surface area contributed by atoms with Gasteiger partial charge in [0.15, 0.2) is 0 Å². The van der Waals surface area contributed by atoms with Crippen LogP contribution in [0.3, 0.4) is 0 Å². The van der Waals surface area contributed by atoms with Gasteiger partial charge in [-0.05, 0) is 62.7 Å². The van der Waals surface area contributed by atoms with Gasteiger partial charge in [0.05, 0.1) is 6.54 Å². The minimum absolute atomic E-state index is 0.0520. The Kier molecular flexibility index (Phi) is 7.28. The average Bonchev–Trinajstić information content (AvgIpc) is 2.96. The molecule has 1 amide bonds. The zero-order valence-corrected chi connectivity index (χ0v) is 16.2. The quantitative estimate of drug-likeness (QED) is 0.748. The fourth-order valence-corrected chi connectivity index (χ4v) is 3.38. The highest BCUT2D eigenvalue weighted by Crippen LogP contribution is 2.14. The predicted octanol–water partition coefficient (Wildman–Crippen LogP) is 4.18. The van der Waals surface area contributed by atoms with Crippen LogP contribution in [0.4, 0.5) is 0 Å². The fourth-order valence-electron chi connectivity index (χ4n) is 3.38. The van der Waals surface area contributed by atoms with Gasteiger partial charge in [0.2, 0.25) is 0 Å². The van der Waals surface area contributed by atoms with Gasteiger partial charge in [-0.25, -0.2) is 0 Å². The van der Waals surface area contributed by atoms with Crippen LogP contribution in [0.25, 0.3) is 0 Å². The van der Waals surface area contributed by atoms with E-state index >= 15 is 0 Å². The van der Waals surface area contributed by atoms with Crippen LogP contribution < -0.4 is 10.1 Å². The minimum atomic E-state index is -0.0520. The maximum Gasteiger partial charge on any atom is 0.251 e. The Morgan fingerprint density at radius 2 is 1.63 bits per heavy atom. The molecule has 0 aliphatic carbocycles. The van der Waals surface area contributed by atoms with Crippen molar-refractivity contribution in [3.8, 4) is 5.75 Å². The number of hydrogen-bond acceptors (Lipinski definition) is 3. The third kappa shape index (κ3) is 6.40. The number of hydrogen-bond donors (Lipinski definition) is 1. The van der Waals surface area contributed by atoms with E-state index < -0.39 is 0 Å². The summed E-state index contributed by atoms with van der Waals surface area (Å²) in [6.45, 7) is 6.34. The summed E-state index contributed by atoms with van der Waals surface area (Å²) in [5, 5.41) is 2.92. The van der Waals surface area contributed by atoms with Crippen molar-refractivity contribution in [2.45, 2.75) is 39.2 Å². The normalized spacial score (nSPS) is 15.1. The summed E-state index contributed by atoms with van der Waals surface area (Å²) in [6.07, 6.45) is 5.29. The number of amides is 1. The van der Waals surface area contributed by atoms with Crippen molar-refractivity contribution in [2.75, 3.05) is 26.2 Å². The number of carbonyl (C=O) groups is 1. The Morgan fingerprint density at radius 1 is 0.963 bits per heavy atom. The monoisotopic (exact) mass is 366 g/mol. The van der Waals surface area contributed by atoms with Crippen molar-refractivity contribution < 1.29 is 9.53 Å². The molecule has 1 aliphatic rings. The standard InChI is InChI=1S/C23H30N2O2/c1-19-6-12-22(13-7-19)27-17-14-24-23(26)21-10-8-20(9-11-21)18-25-15-4-2-3-5-16-25/h6-13H,2-5,14-18H2,1H3,(H,24,26). The van der Waals surface area contributed by atoms with Crippen LogP contribution >= 0.6 is 0 Å². The summed E-state index contributed by atoms with van der Waals surface area (Å²) in [4.78, 5) is 14.8. The van der Waals surface area contributed by atoms with Crippen molar-refractivity contribution in [1.29, 1.82) is 0 Å². The summed E-state index contributed by atoms with van der Waals surface area (Å²) in [6, 6.07) is 15.9. The second-order valence-corrected chi connectivity index (χ2v) is 7.30. The lowest BCUT2D eigenvalue weighted by Crippen LogP contribution is -2.28. The molecule has 0 bridgehead atoms. The van der Waals surface area contributed by atoms with Crippen molar-refractivity contribution in [3.05, 3.63) is 65.2 Å². The molecule has 0 atom stereocenters. The van der Waals surface area contributed by atoms with E-state index in [1.54, 1.807) is 0 Å². The lowest BCUT2D eigenvalue weighted by atomic mass is 10.1. The molecule has 0 radical (unpaired) electrons. The molecule has 0 aromatic heterocycles. The van der Waals surface area contributed by atoms with Crippen LogP contribution in [0.2, 0.25) is 0 Å². The summed E-state index contributed by atoms with van der Waals surface area (Å²) in [7, 11) is 0. The highest BCUT2D eigenvalue weighted by molar-refractivity contribution is 5.94. The second-order valence-electron chi connectivity index (χ2n) is 7.30. The van der Waals surface area contributed by atoms with Gasteiger partial charge in [0.1, 0.15) is 12.4 Å². The molecular weight excluding hydrogens is 336 g/mol. The largest absolute Gasteiger partial charge is 0.492 e. The Balaban J connectivity index is 1.41. The predicted molar refractivity (Wildman–Crippen MR) is 109 cm³/mol. The third-order valence-corrected chi connectivity index (χ3v) is 5.00. The molecule has 2 aromatic rings. The van der Waals surface area contributed by atoms with Gasteiger partial charge in [0.25, 0.3) is 5.91 Å². The van der Waals surface area contributed by atoms with Gasteiger partial charge >= 0.3 is 0 Å². The number of aryl methyl sites for hydroxylation is 1. The van der Waals surface area contributed by atoms with Crippen LogP contribution in [-0.2, 0) is 6.54 Å². The first-order chi connectivity index (χ1) is 13.2. The molecule has 1 N–H and O–H groups in total. The Morgan fingerprint density at radius 3 is 2.30 bits per heavy atom. The molecule has 1 saturated heterocycles. The molecule has 0 spiro atoms. The maximum absolute atomic E-state index is 12.3. The van der Waals surface area contributed by atoms with E-state index in [1.807, 2.05) is 43.3 Å². The lowest BCUT2D eigenvalue weighted by Gasteiger charge is -2.19. The van der Waals surface area contributed by atoms with E-state index in [0.717, 1.165) is 12.3 Å². The number of rotatable bonds is 7. The Hall–Kier alpha value is -2.33. The number of nitrogens with zero attached hydrogens (tertiary/aromatic N) is 1. The summed E-state index contributed by atoms with van der Waals surface area (Å²) in [5.41, 5.74) is 3.18. The van der Waals surface area contributed by atoms with Gasteiger partial charge in [-0.3, -0.25) is 9.69 Å². The van der Waals surface area contributed by atoms with Crippen LogP contribution in [0.15, 0.2) is 48.5 Å². The summed E-state index contributed by atoms with van der Waals surface area (Å²) >= 11 is 0. The van der Waals surface area contributed by atoms with Crippen molar-refractivity contribution in [1.82, 2.24) is 10.2 Å². The highest BCUT2D eigenvalue weighted by Gasteiger charge is 2.10. The number of likely N-dealkylation sites (tertiary alicyclic amines) is 1. The molecule has 1 aliphatic heterocycles. The van der Waals surface area contributed by atoms with Crippen molar-refractivity contribution >= 4 is 5.91 Å². The molecule has 1 heterocycles. The SMILES string of the molecule is Cc1ccc(OCCNC(=O)c2ccc(CN3CCCCCC3)cc2)cc1. The first-order valence-electron chi connectivity index (χ1n) is 10.00. The van der Waals surface area contributed by atoms with Gasteiger partial charge in [-0.15, -0.1) is 0 Å². The Labute approximate surface area is 162 Å². The van der Waals surface area contributed by atoms with Gasteiger partial charge in [-0.2, -0.15) is 0 Å². The second kappa shape index (κ2) is 10.1. The first-order valence-corrected chi connectivity index (χ1v) is 10.00. The number of nitrogens with one attached hydrogen (secondary N) is 1. The molecule has 2 aromatic carbocycles. The highest BCUT2D eigenvalue weighted by atomic mass is 16.5. The minimum Gasteiger partial charge on any atom is -0.492 e. The zero-order chi connectivity index (χ0) is 18.9. The van der Waals surface area contributed by atoms with Crippen molar-refractivity contribution in [3.63, 3.8) is 0 Å². The molecule has 4 heteroatoms. The zero-order valence-electron chi connectivity index (χ0n) is 16.2. The molecular formula is C23H30N2O2. The number of carbonyl (C=O) groups excluding carboxylic acids is 1. The van der Waals surface area contributed by atoms with E-state index in [0.29, 0.717) is 18.7 Å². The Bertz CT molecular complexity index is 702. The molecule has 1 fully saturated rings. The number of ether oxygens (including phenoxy) is 1. The fraction of sp³-hybridized carbons (Fsp3) is 0.435. The topological polar surface area (TPSA) is 41.6 Å². The summed E-state index contributed by atoms with van der Waals surface area (Å²) < 4.78 is 5.64. The number of benzene rings is 2. The van der Waals surface area contributed by atoms with Gasteiger partial charge in [0, 0.05) is 12.1 Å². The van der Waals surface area contributed by atoms with Crippen LogP contribution in [0.5, 0.6) is 5.75 Å².